The zero-order valence-electron chi connectivity index (χ0n) is 13.6. The molecule has 2 rings (SSSR count). The molecule has 0 aliphatic carbocycles. The van der Waals surface area contributed by atoms with Gasteiger partial charge in [0.1, 0.15) is 6.04 Å². The lowest BCUT2D eigenvalue weighted by Crippen LogP contribution is -2.58. The first-order valence-electron chi connectivity index (χ1n) is 7.78. The van der Waals surface area contributed by atoms with Crippen molar-refractivity contribution in [2.75, 3.05) is 6.54 Å². The van der Waals surface area contributed by atoms with Crippen LogP contribution in [0.1, 0.15) is 31.9 Å². The molecule has 0 unspecified atom stereocenters. The van der Waals surface area contributed by atoms with Crippen LogP contribution in [-0.2, 0) is 23.1 Å². The molecule has 1 aromatic heterocycles. The van der Waals surface area contributed by atoms with Crippen molar-refractivity contribution in [2.24, 2.45) is 7.05 Å². The van der Waals surface area contributed by atoms with E-state index in [2.05, 4.69) is 10.4 Å². The number of hydrogen-bond acceptors (Lipinski definition) is 3. The van der Waals surface area contributed by atoms with E-state index in [0.29, 0.717) is 6.42 Å². The van der Waals surface area contributed by atoms with Crippen LogP contribution in [0.5, 0.6) is 0 Å². The van der Waals surface area contributed by atoms with Crippen molar-refractivity contribution < 1.29 is 22.8 Å². The summed E-state index contributed by atoms with van der Waals surface area (Å²) in [6.45, 7) is 1.19. The molecule has 2 amide bonds. The lowest BCUT2D eigenvalue weighted by molar-refractivity contribution is -0.197. The molecule has 1 aromatic rings. The van der Waals surface area contributed by atoms with Gasteiger partial charge in [0.05, 0.1) is 0 Å². The van der Waals surface area contributed by atoms with Crippen LogP contribution in [0.4, 0.5) is 13.2 Å². The number of piperidine rings is 1. The molecule has 24 heavy (non-hydrogen) atoms. The maximum Gasteiger partial charge on any atom is 0.408 e. The van der Waals surface area contributed by atoms with Gasteiger partial charge in [-0.15, -0.1) is 0 Å². The normalized spacial score (nSPS) is 21.6. The molecule has 1 N–H and O–H groups in total. The third kappa shape index (κ3) is 4.48. The Morgan fingerprint density at radius 1 is 1.38 bits per heavy atom. The van der Waals surface area contributed by atoms with E-state index >= 15 is 0 Å². The number of hydrogen-bond donors (Lipinski definition) is 1. The average Bonchev–Trinajstić information content (AvgIpc) is 2.88. The third-order valence-corrected chi connectivity index (χ3v) is 4.20. The second kappa shape index (κ2) is 7.23. The molecule has 2 atom stereocenters. The Bertz CT molecular complexity index is 600. The van der Waals surface area contributed by atoms with Crippen LogP contribution in [0.25, 0.3) is 0 Å². The van der Waals surface area contributed by atoms with Gasteiger partial charge in [-0.25, -0.2) is 0 Å². The van der Waals surface area contributed by atoms with Gasteiger partial charge in [-0.05, 0) is 25.3 Å². The van der Waals surface area contributed by atoms with Crippen molar-refractivity contribution in [1.82, 2.24) is 20.0 Å². The summed E-state index contributed by atoms with van der Waals surface area (Å²) < 4.78 is 41.3. The van der Waals surface area contributed by atoms with Crippen LogP contribution in [0, 0.1) is 0 Å². The van der Waals surface area contributed by atoms with E-state index in [1.54, 1.807) is 24.0 Å². The first-order valence-corrected chi connectivity index (χ1v) is 7.78. The molecule has 2 heterocycles. The number of nitrogens with one attached hydrogen (secondary N) is 1. The fourth-order valence-corrected chi connectivity index (χ4v) is 3.02. The summed E-state index contributed by atoms with van der Waals surface area (Å²) in [5, 5.41) is 6.57. The average molecular weight is 346 g/mol. The highest BCUT2D eigenvalue weighted by Crippen LogP contribution is 2.32. The Kier molecular flexibility index (Phi) is 5.51. The molecule has 1 fully saturated rings. The van der Waals surface area contributed by atoms with Crippen LogP contribution < -0.4 is 5.32 Å². The van der Waals surface area contributed by atoms with E-state index in [4.69, 9.17) is 0 Å². The van der Waals surface area contributed by atoms with Crippen LogP contribution >= 0.6 is 0 Å². The number of aromatic nitrogens is 2. The standard InChI is InChI=1S/C15H21F3N4O2/c1-10(23)20-11-3-5-13(15(16,17)18)22(9-11)14(24)6-4-12-7-8-19-21(12)2/h7-8,11,13H,3-6,9H2,1-2H3,(H,20,23)/t11-,13+/m1/s1. The minimum Gasteiger partial charge on any atom is -0.352 e. The number of carbonyl (C=O) groups is 2. The highest BCUT2D eigenvalue weighted by atomic mass is 19.4. The number of carbonyl (C=O) groups excluding carboxylic acids is 2. The predicted octanol–water partition coefficient (Wildman–Crippen LogP) is 1.41. The van der Waals surface area contributed by atoms with E-state index in [1.165, 1.54) is 6.92 Å². The number of rotatable bonds is 4. The maximum absolute atomic E-state index is 13.2. The van der Waals surface area contributed by atoms with Gasteiger partial charge >= 0.3 is 6.18 Å². The lowest BCUT2D eigenvalue weighted by atomic mass is 9.96. The van der Waals surface area contributed by atoms with Crippen molar-refractivity contribution in [2.45, 2.75) is 50.9 Å². The fourth-order valence-electron chi connectivity index (χ4n) is 3.02. The summed E-state index contributed by atoms with van der Waals surface area (Å²) in [4.78, 5) is 24.4. The molecule has 1 aliphatic heterocycles. The molecule has 6 nitrogen and oxygen atoms in total. The molecule has 0 saturated carbocycles. The van der Waals surface area contributed by atoms with Crippen molar-refractivity contribution >= 4 is 11.8 Å². The topological polar surface area (TPSA) is 67.2 Å². The highest BCUT2D eigenvalue weighted by Gasteiger charge is 2.47. The SMILES string of the molecule is CC(=O)N[C@@H]1CC[C@@H](C(F)(F)F)N(C(=O)CCc2ccnn2C)C1. The minimum atomic E-state index is -4.47. The molecule has 9 heteroatoms. The predicted molar refractivity (Wildman–Crippen MR) is 79.9 cm³/mol. The van der Waals surface area contributed by atoms with Gasteiger partial charge in [0, 0.05) is 44.9 Å². The van der Waals surface area contributed by atoms with Gasteiger partial charge in [-0.2, -0.15) is 18.3 Å². The monoisotopic (exact) mass is 346 g/mol. The van der Waals surface area contributed by atoms with Gasteiger partial charge in [0.25, 0.3) is 0 Å². The summed E-state index contributed by atoms with van der Waals surface area (Å²) >= 11 is 0. The number of nitrogens with zero attached hydrogens (tertiary/aromatic N) is 3. The van der Waals surface area contributed by atoms with E-state index in [9.17, 15) is 22.8 Å². The zero-order valence-corrected chi connectivity index (χ0v) is 13.6. The maximum atomic E-state index is 13.2. The Hall–Kier alpha value is -2.06. The van der Waals surface area contributed by atoms with Gasteiger partial charge in [-0.1, -0.05) is 0 Å². The summed E-state index contributed by atoms with van der Waals surface area (Å²) in [6, 6.07) is -0.506. The summed E-state index contributed by atoms with van der Waals surface area (Å²) in [5.41, 5.74) is 0.780. The lowest BCUT2D eigenvalue weighted by Gasteiger charge is -2.40. The second-order valence-corrected chi connectivity index (χ2v) is 6.02. The number of likely N-dealkylation sites (tertiary alicyclic amines) is 1. The Morgan fingerprint density at radius 3 is 2.62 bits per heavy atom. The van der Waals surface area contributed by atoms with Crippen molar-refractivity contribution in [3.8, 4) is 0 Å². The van der Waals surface area contributed by atoms with Gasteiger partial charge in [0.2, 0.25) is 11.8 Å². The van der Waals surface area contributed by atoms with Crippen LogP contribution in [0.3, 0.4) is 0 Å². The Morgan fingerprint density at radius 2 is 2.08 bits per heavy atom. The minimum absolute atomic E-state index is 0.0289. The number of alkyl halides is 3. The Balaban J connectivity index is 2.06. The molecule has 0 bridgehead atoms. The van der Waals surface area contributed by atoms with Crippen molar-refractivity contribution in [1.29, 1.82) is 0 Å². The van der Waals surface area contributed by atoms with E-state index < -0.39 is 24.2 Å². The number of aryl methyl sites for hydroxylation is 2. The van der Waals surface area contributed by atoms with E-state index in [-0.39, 0.29) is 31.7 Å². The third-order valence-electron chi connectivity index (χ3n) is 4.20. The largest absolute Gasteiger partial charge is 0.408 e. The first kappa shape index (κ1) is 18.3. The molecular weight excluding hydrogens is 325 g/mol. The van der Waals surface area contributed by atoms with Gasteiger partial charge in [0.15, 0.2) is 0 Å². The number of halogens is 3. The molecular formula is C15H21F3N4O2. The molecule has 1 saturated heterocycles. The van der Waals surface area contributed by atoms with E-state index in [1.807, 2.05) is 0 Å². The molecule has 1 aliphatic rings. The second-order valence-electron chi connectivity index (χ2n) is 6.02. The van der Waals surface area contributed by atoms with Gasteiger partial charge < -0.3 is 10.2 Å². The summed E-state index contributed by atoms with van der Waals surface area (Å²) in [5.74, 6) is -0.874. The zero-order chi connectivity index (χ0) is 17.9. The quantitative estimate of drug-likeness (QED) is 0.896. The Labute approximate surface area is 138 Å². The molecule has 0 spiro atoms. The molecule has 0 aromatic carbocycles. The smallest absolute Gasteiger partial charge is 0.352 e. The van der Waals surface area contributed by atoms with Crippen molar-refractivity contribution in [3.63, 3.8) is 0 Å². The van der Waals surface area contributed by atoms with Crippen LogP contribution in [0.2, 0.25) is 0 Å². The first-order chi connectivity index (χ1) is 11.2. The fraction of sp³-hybridized carbons (Fsp3) is 0.667. The van der Waals surface area contributed by atoms with Crippen LogP contribution in [-0.4, -0.2) is 51.3 Å². The van der Waals surface area contributed by atoms with Crippen LogP contribution in [0.15, 0.2) is 12.3 Å². The van der Waals surface area contributed by atoms with Gasteiger partial charge in [-0.3, -0.25) is 14.3 Å². The number of amides is 2. The molecule has 0 radical (unpaired) electrons. The highest BCUT2D eigenvalue weighted by molar-refractivity contribution is 5.77. The van der Waals surface area contributed by atoms with Crippen molar-refractivity contribution in [3.05, 3.63) is 18.0 Å². The molecule has 134 valence electrons. The summed E-state index contributed by atoms with van der Waals surface area (Å²) in [7, 11) is 1.71. The van der Waals surface area contributed by atoms with E-state index in [0.717, 1.165) is 10.6 Å². The summed E-state index contributed by atoms with van der Waals surface area (Å²) in [6.07, 6.45) is -2.60.